The Morgan fingerprint density at radius 3 is 2.78 bits per heavy atom. The zero-order chi connectivity index (χ0) is 18.8. The number of aromatic nitrogens is 2. The number of nitrogens with zero attached hydrogens (tertiary/aromatic N) is 2. The van der Waals surface area contributed by atoms with E-state index in [-0.39, 0.29) is 18.2 Å². The van der Waals surface area contributed by atoms with E-state index in [0.717, 1.165) is 28.0 Å². The van der Waals surface area contributed by atoms with Crippen molar-refractivity contribution in [3.63, 3.8) is 0 Å². The van der Waals surface area contributed by atoms with Gasteiger partial charge in [-0.05, 0) is 24.1 Å². The number of benzene rings is 2. The van der Waals surface area contributed by atoms with E-state index in [4.69, 9.17) is 4.74 Å². The number of carbonyl (C=O) groups is 1. The summed E-state index contributed by atoms with van der Waals surface area (Å²) >= 11 is 0. The van der Waals surface area contributed by atoms with Crippen LogP contribution in [0.15, 0.2) is 60.9 Å². The summed E-state index contributed by atoms with van der Waals surface area (Å²) in [6, 6.07) is 15.4. The minimum Gasteiger partial charge on any atom is -0.488 e. The Bertz CT molecular complexity index is 966. The second kappa shape index (κ2) is 7.15. The predicted molar refractivity (Wildman–Crippen MR) is 103 cm³/mol. The van der Waals surface area contributed by atoms with Crippen molar-refractivity contribution in [1.82, 2.24) is 20.4 Å². The summed E-state index contributed by atoms with van der Waals surface area (Å²) in [5.41, 5.74) is 4.14. The van der Waals surface area contributed by atoms with Crippen molar-refractivity contribution in [1.29, 1.82) is 0 Å². The van der Waals surface area contributed by atoms with Gasteiger partial charge in [-0.1, -0.05) is 42.5 Å². The van der Waals surface area contributed by atoms with Gasteiger partial charge in [-0.25, -0.2) is 4.79 Å². The highest BCUT2D eigenvalue weighted by Gasteiger charge is 2.31. The Labute approximate surface area is 158 Å². The maximum Gasteiger partial charge on any atom is 0.315 e. The molecular weight excluding hydrogens is 340 g/mol. The average Bonchev–Trinajstić information content (AvgIpc) is 3.24. The molecule has 0 saturated heterocycles. The largest absolute Gasteiger partial charge is 0.488 e. The topological polar surface area (TPSA) is 68.2 Å². The third-order valence-corrected chi connectivity index (χ3v) is 4.80. The molecule has 2 aromatic carbocycles. The summed E-state index contributed by atoms with van der Waals surface area (Å²) in [6.45, 7) is 2.39. The maximum atomic E-state index is 12.5. The quantitative estimate of drug-likeness (QED) is 0.747. The molecule has 27 heavy (non-hydrogen) atoms. The molecule has 0 spiro atoms. The van der Waals surface area contributed by atoms with Crippen LogP contribution < -0.4 is 15.4 Å². The number of amides is 2. The smallest absolute Gasteiger partial charge is 0.315 e. The minimum atomic E-state index is -0.215. The normalized spacial score (nSPS) is 17.9. The van der Waals surface area contributed by atoms with Crippen LogP contribution in [0.4, 0.5) is 4.79 Å². The zero-order valence-corrected chi connectivity index (χ0v) is 15.3. The first-order valence-electron chi connectivity index (χ1n) is 8.98. The third kappa shape index (κ3) is 3.51. The van der Waals surface area contributed by atoms with Crippen molar-refractivity contribution in [2.24, 2.45) is 7.05 Å². The lowest BCUT2D eigenvalue weighted by Gasteiger charge is -2.18. The van der Waals surface area contributed by atoms with E-state index >= 15 is 0 Å². The van der Waals surface area contributed by atoms with Crippen LogP contribution in [0.25, 0.3) is 11.1 Å². The molecule has 138 valence electrons. The van der Waals surface area contributed by atoms with E-state index in [9.17, 15) is 4.79 Å². The van der Waals surface area contributed by atoms with Crippen LogP contribution in [-0.4, -0.2) is 21.9 Å². The molecular formula is C21H22N4O2. The molecule has 6 nitrogen and oxygen atoms in total. The van der Waals surface area contributed by atoms with Gasteiger partial charge in [0.2, 0.25) is 0 Å². The monoisotopic (exact) mass is 362 g/mol. The maximum absolute atomic E-state index is 12.5. The SMILES string of the molecule is CC1Oc2ccccc2C1NC(=O)NCc1ccccc1-c1cnn(C)c1. The molecule has 1 aliphatic rings. The Balaban J connectivity index is 1.44. The number of aryl methyl sites for hydroxylation is 1. The summed E-state index contributed by atoms with van der Waals surface area (Å²) in [4.78, 5) is 12.5. The number of hydrogen-bond acceptors (Lipinski definition) is 3. The van der Waals surface area contributed by atoms with Crippen LogP contribution in [0.2, 0.25) is 0 Å². The number of carbonyl (C=O) groups excluding carboxylic acids is 1. The highest BCUT2D eigenvalue weighted by molar-refractivity contribution is 5.75. The van der Waals surface area contributed by atoms with E-state index < -0.39 is 0 Å². The Morgan fingerprint density at radius 2 is 1.96 bits per heavy atom. The zero-order valence-electron chi connectivity index (χ0n) is 15.3. The van der Waals surface area contributed by atoms with Gasteiger partial charge in [0.1, 0.15) is 11.9 Å². The lowest BCUT2D eigenvalue weighted by Crippen LogP contribution is -2.40. The number of rotatable bonds is 4. The van der Waals surface area contributed by atoms with Gasteiger partial charge in [-0.15, -0.1) is 0 Å². The van der Waals surface area contributed by atoms with Gasteiger partial charge in [0.05, 0.1) is 12.2 Å². The van der Waals surface area contributed by atoms with Crippen LogP contribution in [0.1, 0.15) is 24.1 Å². The van der Waals surface area contributed by atoms with Gasteiger partial charge >= 0.3 is 6.03 Å². The molecule has 0 radical (unpaired) electrons. The number of para-hydroxylation sites is 1. The second-order valence-electron chi connectivity index (χ2n) is 6.73. The molecule has 1 aliphatic heterocycles. The molecule has 6 heteroatoms. The number of ether oxygens (including phenoxy) is 1. The molecule has 1 aromatic heterocycles. The molecule has 2 heterocycles. The van der Waals surface area contributed by atoms with Crippen LogP contribution in [0, 0.1) is 0 Å². The van der Waals surface area contributed by atoms with Gasteiger partial charge in [-0.3, -0.25) is 4.68 Å². The molecule has 3 aromatic rings. The van der Waals surface area contributed by atoms with Crippen molar-refractivity contribution in [3.05, 3.63) is 72.1 Å². The first-order chi connectivity index (χ1) is 13.1. The van der Waals surface area contributed by atoms with E-state index in [2.05, 4.69) is 15.7 Å². The molecule has 2 amide bonds. The lowest BCUT2D eigenvalue weighted by atomic mass is 10.0. The summed E-state index contributed by atoms with van der Waals surface area (Å²) in [5.74, 6) is 0.831. The van der Waals surface area contributed by atoms with E-state index in [1.54, 1.807) is 4.68 Å². The minimum absolute atomic E-state index is 0.101. The van der Waals surface area contributed by atoms with Crippen LogP contribution in [0.3, 0.4) is 0 Å². The molecule has 2 N–H and O–H groups in total. The Morgan fingerprint density at radius 1 is 1.19 bits per heavy atom. The van der Waals surface area contributed by atoms with Crippen molar-refractivity contribution in [2.75, 3.05) is 0 Å². The fraction of sp³-hybridized carbons (Fsp3) is 0.238. The average molecular weight is 362 g/mol. The second-order valence-corrected chi connectivity index (χ2v) is 6.73. The molecule has 0 saturated carbocycles. The highest BCUT2D eigenvalue weighted by Crippen LogP contribution is 2.36. The summed E-state index contributed by atoms with van der Waals surface area (Å²) in [7, 11) is 1.89. The van der Waals surface area contributed by atoms with Crippen LogP contribution >= 0.6 is 0 Å². The Hall–Kier alpha value is -3.28. The fourth-order valence-electron chi connectivity index (χ4n) is 3.45. The van der Waals surface area contributed by atoms with Crippen LogP contribution in [0.5, 0.6) is 5.75 Å². The molecule has 2 atom stereocenters. The van der Waals surface area contributed by atoms with Gasteiger partial charge < -0.3 is 15.4 Å². The molecule has 4 rings (SSSR count). The van der Waals surface area contributed by atoms with Gasteiger partial charge in [-0.2, -0.15) is 5.10 Å². The number of nitrogens with one attached hydrogen (secondary N) is 2. The molecule has 0 bridgehead atoms. The number of urea groups is 1. The standard InChI is InChI=1S/C21H22N4O2/c1-14-20(18-9-5-6-10-19(18)27-14)24-21(26)22-11-15-7-3-4-8-17(15)16-12-23-25(2)13-16/h3-10,12-14,20H,11H2,1-2H3,(H2,22,24,26). The van der Waals surface area contributed by atoms with Gasteiger partial charge in [0, 0.05) is 30.9 Å². The van der Waals surface area contributed by atoms with E-state index in [1.165, 1.54) is 0 Å². The van der Waals surface area contributed by atoms with E-state index in [0.29, 0.717) is 6.54 Å². The van der Waals surface area contributed by atoms with Crippen LogP contribution in [-0.2, 0) is 13.6 Å². The first-order valence-corrected chi connectivity index (χ1v) is 8.98. The fourth-order valence-corrected chi connectivity index (χ4v) is 3.45. The summed E-state index contributed by atoms with van der Waals surface area (Å²) < 4.78 is 7.58. The number of hydrogen-bond donors (Lipinski definition) is 2. The highest BCUT2D eigenvalue weighted by atomic mass is 16.5. The van der Waals surface area contributed by atoms with Gasteiger partial charge in [0.15, 0.2) is 0 Å². The molecule has 2 unspecified atom stereocenters. The molecule has 0 fully saturated rings. The van der Waals surface area contributed by atoms with Crippen molar-refractivity contribution < 1.29 is 9.53 Å². The predicted octanol–water partition coefficient (Wildman–Crippen LogP) is 3.41. The first kappa shape index (κ1) is 17.1. The number of fused-ring (bicyclic) bond motifs is 1. The van der Waals surface area contributed by atoms with Crippen molar-refractivity contribution in [2.45, 2.75) is 25.6 Å². The Kier molecular flexibility index (Phi) is 4.54. The van der Waals surface area contributed by atoms with Crippen molar-refractivity contribution in [3.8, 4) is 16.9 Å². The van der Waals surface area contributed by atoms with Gasteiger partial charge in [0.25, 0.3) is 0 Å². The molecule has 0 aliphatic carbocycles. The summed E-state index contributed by atoms with van der Waals surface area (Å²) in [6.07, 6.45) is 3.69. The third-order valence-electron chi connectivity index (χ3n) is 4.80. The van der Waals surface area contributed by atoms with E-state index in [1.807, 2.05) is 74.9 Å². The summed E-state index contributed by atoms with van der Waals surface area (Å²) in [5, 5.41) is 10.2. The lowest BCUT2D eigenvalue weighted by molar-refractivity contribution is 0.199. The van der Waals surface area contributed by atoms with Crippen molar-refractivity contribution >= 4 is 6.03 Å².